The van der Waals surface area contributed by atoms with Gasteiger partial charge in [-0.3, -0.25) is 9.36 Å². The van der Waals surface area contributed by atoms with Gasteiger partial charge in [-0.25, -0.2) is 23.7 Å². The topological polar surface area (TPSA) is 105 Å². The SMILES string of the molecule is CC(=O)O[C@@H]1[C@H](F)/C(=C/F)O[C@H]1n1cnc2c(N)ncnc21. The molecule has 0 bridgehead atoms. The van der Waals surface area contributed by atoms with E-state index in [9.17, 15) is 13.6 Å². The first-order valence-corrected chi connectivity index (χ1v) is 6.24. The van der Waals surface area contributed by atoms with Gasteiger partial charge in [0.1, 0.15) is 24.5 Å². The molecular formula is C12H11F2N5O3. The van der Waals surface area contributed by atoms with Gasteiger partial charge in [-0.2, -0.15) is 0 Å². The van der Waals surface area contributed by atoms with Crippen molar-refractivity contribution in [1.29, 1.82) is 0 Å². The number of imidazole rings is 1. The highest BCUT2D eigenvalue weighted by Gasteiger charge is 2.47. The zero-order valence-corrected chi connectivity index (χ0v) is 11.3. The largest absolute Gasteiger partial charge is 0.465 e. The highest BCUT2D eigenvalue weighted by atomic mass is 19.1. The summed E-state index contributed by atoms with van der Waals surface area (Å²) in [5.41, 5.74) is 6.20. The summed E-state index contributed by atoms with van der Waals surface area (Å²) < 4.78 is 38.2. The van der Waals surface area contributed by atoms with Crippen LogP contribution in [-0.2, 0) is 14.3 Å². The van der Waals surface area contributed by atoms with Crippen LogP contribution >= 0.6 is 0 Å². The van der Waals surface area contributed by atoms with Crippen molar-refractivity contribution in [3.8, 4) is 0 Å². The molecule has 3 heterocycles. The van der Waals surface area contributed by atoms with E-state index in [-0.39, 0.29) is 23.3 Å². The number of fused-ring (bicyclic) bond motifs is 1. The van der Waals surface area contributed by atoms with Crippen molar-refractivity contribution in [2.75, 3.05) is 5.73 Å². The lowest BCUT2D eigenvalue weighted by Crippen LogP contribution is -2.30. The van der Waals surface area contributed by atoms with Crippen LogP contribution in [0.3, 0.4) is 0 Å². The molecule has 10 heteroatoms. The van der Waals surface area contributed by atoms with E-state index in [0.717, 1.165) is 6.92 Å². The molecule has 1 fully saturated rings. The standard InChI is InChI=1S/C12H11F2N5O3/c1-5(20)21-9-7(14)6(2-13)22-12(9)19-4-18-8-10(15)16-3-17-11(8)19/h2-4,7,9,12H,1H3,(H2,15,16,17)/b6-2-/t7-,9-,12-/m1/s1. The maximum absolute atomic E-state index is 14.1. The Bertz CT molecular complexity index is 762. The first-order chi connectivity index (χ1) is 10.5. The molecule has 0 unspecified atom stereocenters. The molecule has 2 N–H and O–H groups in total. The minimum atomic E-state index is -1.93. The number of rotatable bonds is 2. The molecule has 1 saturated heterocycles. The summed E-state index contributed by atoms with van der Waals surface area (Å²) in [6.07, 6.45) is -1.98. The van der Waals surface area contributed by atoms with Gasteiger partial charge in [0.2, 0.25) is 12.4 Å². The number of hydrogen-bond acceptors (Lipinski definition) is 7. The molecule has 0 radical (unpaired) electrons. The molecule has 3 atom stereocenters. The molecular weight excluding hydrogens is 300 g/mol. The van der Waals surface area contributed by atoms with Gasteiger partial charge in [-0.05, 0) is 0 Å². The van der Waals surface area contributed by atoms with Crippen molar-refractivity contribution in [1.82, 2.24) is 19.5 Å². The highest BCUT2D eigenvalue weighted by Crippen LogP contribution is 2.37. The maximum Gasteiger partial charge on any atom is 0.303 e. The number of carbonyl (C=O) groups is 1. The van der Waals surface area contributed by atoms with E-state index in [1.165, 1.54) is 17.2 Å². The second-order valence-electron chi connectivity index (χ2n) is 4.58. The lowest BCUT2D eigenvalue weighted by Gasteiger charge is -2.19. The van der Waals surface area contributed by atoms with Crippen molar-refractivity contribution in [2.45, 2.75) is 25.4 Å². The van der Waals surface area contributed by atoms with E-state index in [1.807, 2.05) is 0 Å². The third kappa shape index (κ3) is 2.12. The second kappa shape index (κ2) is 5.20. The lowest BCUT2D eigenvalue weighted by atomic mass is 10.2. The fourth-order valence-electron chi connectivity index (χ4n) is 2.24. The number of alkyl halides is 1. The van der Waals surface area contributed by atoms with Crippen molar-refractivity contribution < 1.29 is 23.0 Å². The smallest absolute Gasteiger partial charge is 0.303 e. The number of nitrogens with two attached hydrogens (primary N) is 1. The fraction of sp³-hybridized carbons (Fsp3) is 0.333. The van der Waals surface area contributed by atoms with Crippen LogP contribution in [0.2, 0.25) is 0 Å². The van der Waals surface area contributed by atoms with Crippen LogP contribution < -0.4 is 5.73 Å². The Kier molecular flexibility index (Phi) is 3.35. The zero-order chi connectivity index (χ0) is 15.9. The monoisotopic (exact) mass is 311 g/mol. The molecule has 8 nitrogen and oxygen atoms in total. The van der Waals surface area contributed by atoms with Crippen LogP contribution in [-0.4, -0.2) is 37.8 Å². The van der Waals surface area contributed by atoms with Crippen LogP contribution in [0.15, 0.2) is 24.7 Å². The molecule has 2 aromatic heterocycles. The molecule has 1 aliphatic rings. The molecule has 2 aromatic rings. The van der Waals surface area contributed by atoms with Gasteiger partial charge in [-0.1, -0.05) is 0 Å². The first kappa shape index (κ1) is 14.2. The summed E-state index contributed by atoms with van der Waals surface area (Å²) in [6.45, 7) is 1.12. The van der Waals surface area contributed by atoms with Gasteiger partial charge in [0.15, 0.2) is 23.3 Å². The van der Waals surface area contributed by atoms with E-state index in [4.69, 9.17) is 15.2 Å². The van der Waals surface area contributed by atoms with Gasteiger partial charge < -0.3 is 15.2 Å². The molecule has 0 aliphatic carbocycles. The van der Waals surface area contributed by atoms with Crippen LogP contribution in [0.25, 0.3) is 11.2 Å². The average molecular weight is 311 g/mol. The summed E-state index contributed by atoms with van der Waals surface area (Å²) in [6, 6.07) is 0. The van der Waals surface area contributed by atoms with Gasteiger partial charge in [0.05, 0.1) is 0 Å². The van der Waals surface area contributed by atoms with E-state index in [0.29, 0.717) is 0 Å². The van der Waals surface area contributed by atoms with E-state index >= 15 is 0 Å². The molecule has 0 amide bonds. The number of hydrogen-bond donors (Lipinski definition) is 1. The average Bonchev–Trinajstić information content (AvgIpc) is 3.02. The zero-order valence-electron chi connectivity index (χ0n) is 11.3. The van der Waals surface area contributed by atoms with Crippen LogP contribution in [0.5, 0.6) is 0 Å². The predicted octanol–water partition coefficient (Wildman–Crippen LogP) is 1.02. The quantitative estimate of drug-likeness (QED) is 0.825. The predicted molar refractivity (Wildman–Crippen MR) is 69.5 cm³/mol. The van der Waals surface area contributed by atoms with Crippen molar-refractivity contribution >= 4 is 23.0 Å². The van der Waals surface area contributed by atoms with Gasteiger partial charge in [0.25, 0.3) is 0 Å². The maximum atomic E-state index is 14.1. The fourth-order valence-corrected chi connectivity index (χ4v) is 2.24. The number of halogens is 2. The summed E-state index contributed by atoms with van der Waals surface area (Å²) in [7, 11) is 0. The number of esters is 1. The van der Waals surface area contributed by atoms with Gasteiger partial charge in [0, 0.05) is 6.92 Å². The minimum Gasteiger partial charge on any atom is -0.465 e. The number of aromatic nitrogens is 4. The summed E-state index contributed by atoms with van der Waals surface area (Å²) in [4.78, 5) is 22.9. The van der Waals surface area contributed by atoms with Crippen molar-refractivity contribution in [3.05, 3.63) is 24.7 Å². The second-order valence-corrected chi connectivity index (χ2v) is 4.58. The Morgan fingerprint density at radius 3 is 2.95 bits per heavy atom. The van der Waals surface area contributed by atoms with Crippen LogP contribution in [0.1, 0.15) is 13.2 Å². The Morgan fingerprint density at radius 2 is 2.27 bits per heavy atom. The first-order valence-electron chi connectivity index (χ1n) is 6.24. The Labute approximate surface area is 122 Å². The normalized spacial score (nSPS) is 26.3. The number of anilines is 1. The number of carbonyl (C=O) groups excluding carboxylic acids is 1. The number of nitrogens with zero attached hydrogens (tertiary/aromatic N) is 4. The van der Waals surface area contributed by atoms with E-state index < -0.39 is 30.2 Å². The van der Waals surface area contributed by atoms with Crippen LogP contribution in [0.4, 0.5) is 14.6 Å². The summed E-state index contributed by atoms with van der Waals surface area (Å²) in [5, 5.41) is 0. The summed E-state index contributed by atoms with van der Waals surface area (Å²) in [5.74, 6) is -1.16. The molecule has 0 spiro atoms. The van der Waals surface area contributed by atoms with Crippen LogP contribution in [0, 0.1) is 0 Å². The van der Waals surface area contributed by atoms with E-state index in [2.05, 4.69) is 15.0 Å². The van der Waals surface area contributed by atoms with E-state index in [1.54, 1.807) is 0 Å². The third-order valence-corrected chi connectivity index (χ3v) is 3.17. The molecule has 0 saturated carbocycles. The molecule has 116 valence electrons. The minimum absolute atomic E-state index is 0.0103. The summed E-state index contributed by atoms with van der Waals surface area (Å²) >= 11 is 0. The molecule has 22 heavy (non-hydrogen) atoms. The van der Waals surface area contributed by atoms with Crippen molar-refractivity contribution in [2.24, 2.45) is 0 Å². The Morgan fingerprint density at radius 1 is 1.50 bits per heavy atom. The Hall–Kier alpha value is -2.78. The lowest BCUT2D eigenvalue weighted by molar-refractivity contribution is -0.153. The molecule has 3 rings (SSSR count). The number of nitrogen functional groups attached to an aromatic ring is 1. The van der Waals surface area contributed by atoms with Gasteiger partial charge >= 0.3 is 5.97 Å². The molecule has 0 aromatic carbocycles. The third-order valence-electron chi connectivity index (χ3n) is 3.17. The number of ether oxygens (including phenoxy) is 2. The highest BCUT2D eigenvalue weighted by molar-refractivity contribution is 5.81. The molecule has 1 aliphatic heterocycles. The Balaban J connectivity index is 2.07. The van der Waals surface area contributed by atoms with Gasteiger partial charge in [-0.15, -0.1) is 0 Å². The van der Waals surface area contributed by atoms with Crippen molar-refractivity contribution in [3.63, 3.8) is 0 Å².